The van der Waals surface area contributed by atoms with Crippen LogP contribution in [0.15, 0.2) is 265 Å². The molecule has 15 aromatic rings. The number of nitrogens with zero attached hydrogens (tertiary/aromatic N) is 13. The van der Waals surface area contributed by atoms with Crippen LogP contribution in [0.4, 0.5) is 22.2 Å². The number of nitrogens with two attached hydrogens (primary N) is 1. The first-order chi connectivity index (χ1) is 53.2. The Bertz CT molecular complexity index is 5470. The van der Waals surface area contributed by atoms with Crippen molar-refractivity contribution >= 4 is 124 Å². The van der Waals surface area contributed by atoms with E-state index in [-0.39, 0.29) is 42.5 Å². The lowest BCUT2D eigenvalue weighted by Gasteiger charge is -2.32. The van der Waals surface area contributed by atoms with Crippen molar-refractivity contribution in [2.75, 3.05) is 16.0 Å². The zero-order chi connectivity index (χ0) is 78.8. The average Bonchev–Trinajstić information content (AvgIpc) is 1.65. The van der Waals surface area contributed by atoms with Gasteiger partial charge in [-0.15, -0.1) is 0 Å². The molecule has 0 spiro atoms. The Morgan fingerprint density at radius 3 is 1.30 bits per heavy atom. The zero-order valence-electron chi connectivity index (χ0n) is 63.8. The monoisotopic (exact) mass is 1630 g/mol. The molecule has 0 bridgehead atoms. The topological polar surface area (TPSA) is 274 Å². The van der Waals surface area contributed by atoms with Gasteiger partial charge in [0.25, 0.3) is 0 Å². The first-order valence-corrected chi connectivity index (χ1v) is 38.0. The molecule has 22 nitrogen and oxygen atoms in total. The van der Waals surface area contributed by atoms with Crippen LogP contribution < -0.4 is 27.1 Å². The van der Waals surface area contributed by atoms with E-state index >= 15 is 0 Å². The van der Waals surface area contributed by atoms with Gasteiger partial charge in [-0.25, -0.2) is 24.7 Å². The predicted octanol–water partition coefficient (Wildman–Crippen LogP) is 19.7. The minimum absolute atomic E-state index is 0.117. The lowest BCUT2D eigenvalue weighted by atomic mass is 9.82. The van der Waals surface area contributed by atoms with E-state index in [9.17, 15) is 4.79 Å². The first kappa shape index (κ1) is 80.8. The summed E-state index contributed by atoms with van der Waals surface area (Å²) in [5.74, 6) is 2.28. The molecule has 1 aliphatic rings. The van der Waals surface area contributed by atoms with Crippen LogP contribution in [0.3, 0.4) is 0 Å². The second-order valence-corrected chi connectivity index (χ2v) is 30.6. The first-order valence-electron chi connectivity index (χ1n) is 36.1. The van der Waals surface area contributed by atoms with Gasteiger partial charge in [-0.1, -0.05) is 177 Å². The summed E-state index contributed by atoms with van der Waals surface area (Å²) in [5, 5.41) is 25.6. The van der Waals surface area contributed by atoms with Crippen LogP contribution in [0.25, 0.3) is 66.4 Å². The molecule has 7 aromatic heterocycles. The molecular weight excluding hydrogens is 1540 g/mol. The van der Waals surface area contributed by atoms with Gasteiger partial charge < -0.3 is 35.7 Å². The SMILES string of the molecule is C[C@@H](N)c1ccccc1.C[C@@H](Nc1cnc2cc(-c3cn[nH]c3)ccc2n1)c1ccccc1.C[C@@H](Nc1cnc2cc(-c3cnn(C(=O)OC(C)(C)C)c3)ccc2n1)c1ccccc1.C[C@@H](Nc1cnc2cc(Br)ccc2n1)c1ccccc1.Clc1cnc2cc(Br)ccc2n1.Cn1cc(B2OC(C)(C)C(C)(C)O2)cn1. The molecule has 4 atom stereocenters. The summed E-state index contributed by atoms with van der Waals surface area (Å²) in [6, 6.07) is 64.9. The van der Waals surface area contributed by atoms with Crippen LogP contribution in [0.5, 0.6) is 0 Å². The molecule has 8 aromatic carbocycles. The van der Waals surface area contributed by atoms with Crippen molar-refractivity contribution in [1.29, 1.82) is 0 Å². The van der Waals surface area contributed by atoms with Gasteiger partial charge in [0.2, 0.25) is 0 Å². The Hall–Kier alpha value is -11.2. The maximum absolute atomic E-state index is 12.2. The van der Waals surface area contributed by atoms with Crippen molar-refractivity contribution in [2.24, 2.45) is 12.8 Å². The molecule has 0 aliphatic carbocycles. The van der Waals surface area contributed by atoms with Gasteiger partial charge in [0.05, 0.1) is 92.5 Å². The number of hydrogen-bond acceptors (Lipinski definition) is 19. The molecule has 0 saturated carbocycles. The summed E-state index contributed by atoms with van der Waals surface area (Å²) in [7, 11) is 1.58. The van der Waals surface area contributed by atoms with Crippen molar-refractivity contribution in [3.05, 3.63) is 292 Å². The second-order valence-electron chi connectivity index (χ2n) is 28.3. The van der Waals surface area contributed by atoms with E-state index in [0.717, 1.165) is 92.4 Å². The Kier molecular flexibility index (Phi) is 27.0. The largest absolute Gasteiger partial charge is 0.498 e. The molecule has 566 valence electrons. The minimum atomic E-state index is -0.578. The fourth-order valence-corrected chi connectivity index (χ4v) is 12.1. The van der Waals surface area contributed by atoms with Crippen molar-refractivity contribution in [3.63, 3.8) is 0 Å². The van der Waals surface area contributed by atoms with Gasteiger partial charge in [-0.2, -0.15) is 20.0 Å². The van der Waals surface area contributed by atoms with Gasteiger partial charge >= 0.3 is 13.2 Å². The Morgan fingerprint density at radius 1 is 0.495 bits per heavy atom. The summed E-state index contributed by atoms with van der Waals surface area (Å²) >= 11 is 12.5. The molecule has 26 heteroatoms. The number of carbonyl (C=O) groups is 1. The third-order valence-electron chi connectivity index (χ3n) is 18.0. The molecule has 8 heterocycles. The zero-order valence-corrected chi connectivity index (χ0v) is 67.7. The summed E-state index contributed by atoms with van der Waals surface area (Å²) in [6.07, 6.45) is 17.0. The van der Waals surface area contributed by atoms with Gasteiger partial charge in [0.1, 0.15) is 28.2 Å². The highest BCUT2D eigenvalue weighted by atomic mass is 79.9. The Morgan fingerprint density at radius 2 is 0.901 bits per heavy atom. The summed E-state index contributed by atoms with van der Waals surface area (Å²) in [4.78, 5) is 47.9. The van der Waals surface area contributed by atoms with Crippen molar-refractivity contribution in [3.8, 4) is 22.3 Å². The van der Waals surface area contributed by atoms with Gasteiger partial charge in [0.15, 0.2) is 0 Å². The Balaban J connectivity index is 0.000000137. The van der Waals surface area contributed by atoms with Crippen LogP contribution >= 0.6 is 43.5 Å². The number of nitrogens with one attached hydrogen (secondary N) is 4. The summed E-state index contributed by atoms with van der Waals surface area (Å²) in [6.45, 7) is 21.9. The molecular formula is C85H88BBr2ClN18O4. The van der Waals surface area contributed by atoms with E-state index in [4.69, 9.17) is 31.4 Å². The molecule has 0 unspecified atom stereocenters. The third-order valence-corrected chi connectivity index (χ3v) is 19.1. The molecule has 16 rings (SSSR count). The summed E-state index contributed by atoms with van der Waals surface area (Å²) < 4.78 is 22.1. The van der Waals surface area contributed by atoms with E-state index < -0.39 is 11.7 Å². The van der Waals surface area contributed by atoms with Gasteiger partial charge in [-0.05, 0) is 170 Å². The lowest BCUT2D eigenvalue weighted by molar-refractivity contribution is 0.00578. The maximum atomic E-state index is 12.2. The van der Waals surface area contributed by atoms with Crippen LogP contribution in [-0.2, 0) is 21.1 Å². The average molecular weight is 1630 g/mol. The minimum Gasteiger partial charge on any atom is -0.442 e. The molecule has 0 radical (unpaired) electrons. The number of rotatable bonds is 13. The number of hydrogen-bond donors (Lipinski definition) is 5. The molecule has 6 N–H and O–H groups in total. The molecule has 1 fully saturated rings. The van der Waals surface area contributed by atoms with Crippen molar-refractivity contribution < 1.29 is 18.8 Å². The number of anilines is 3. The maximum Gasteiger partial charge on any atom is 0.498 e. The predicted molar refractivity (Wildman–Crippen MR) is 452 cm³/mol. The van der Waals surface area contributed by atoms with E-state index in [1.54, 1.807) is 48.1 Å². The molecule has 1 aliphatic heterocycles. The van der Waals surface area contributed by atoms with Crippen LogP contribution in [0.1, 0.15) is 123 Å². The van der Waals surface area contributed by atoms with E-state index in [1.165, 1.54) is 33.1 Å². The molecule has 111 heavy (non-hydrogen) atoms. The molecule has 0 amide bonds. The second kappa shape index (κ2) is 37.0. The number of aromatic amines is 1. The highest BCUT2D eigenvalue weighted by Crippen LogP contribution is 2.37. The standard InChI is InChI=1S/C24H25N5O2.C19H17N5.C16H14BrN3.C10H17BN2O2.C8H4BrClN2.C8H11N/c1-16(17-8-6-5-7-9-17)27-22-14-25-21-12-18(10-11-20(21)28-22)19-13-26-29(15-19)23(30)31-24(2,3)4;1-13(14-5-3-2-4-6-14)23-19-12-20-18-9-15(7-8-17(18)24-19)16-10-21-22-11-16;1-11(12-5-3-2-4-6-12)19-16-10-18-15-9-13(17)7-8-14(15)20-16;1-9(2)10(3,4)15-11(14-9)8-6-12-13(5)7-8;9-5-1-2-6-7(3-5)11-4-8(10)12-6;1-7(9)8-5-3-2-4-6-8/h5-16H,1-4H3,(H,27,28);2-13H,1H3,(H,21,22)(H,23,24);2-11H,1H3,(H,19,20);6-7H,1-5H3;1-4H;2-7H,9H2,1H3/t16-;13-;11-;;;7-/m111..1/s1. The number of aryl methyl sites for hydroxylation is 1. The quantitative estimate of drug-likeness (QED) is 0.0671. The third kappa shape index (κ3) is 22.7. The lowest BCUT2D eigenvalue weighted by Crippen LogP contribution is -2.41. The summed E-state index contributed by atoms with van der Waals surface area (Å²) in [5.41, 5.74) is 20.8. The van der Waals surface area contributed by atoms with Gasteiger partial charge in [0, 0.05) is 81.5 Å². The Labute approximate surface area is 668 Å². The van der Waals surface area contributed by atoms with Crippen molar-refractivity contribution in [2.45, 2.75) is 117 Å². The number of aromatic nitrogens is 14. The van der Waals surface area contributed by atoms with Gasteiger partial charge in [-0.3, -0.25) is 29.7 Å². The fraction of sp³-hybridized carbons (Fsp3) is 0.224. The number of halogens is 3. The number of ether oxygens (including phenoxy) is 1. The normalized spacial score (nSPS) is 13.7. The van der Waals surface area contributed by atoms with E-state index in [0.29, 0.717) is 11.0 Å². The number of fused-ring (bicyclic) bond motifs is 4. The van der Waals surface area contributed by atoms with Crippen LogP contribution in [0.2, 0.25) is 5.15 Å². The number of H-pyrrole nitrogens is 1. The number of benzene rings is 8. The smallest absolute Gasteiger partial charge is 0.442 e. The fourth-order valence-electron chi connectivity index (χ4n) is 11.3. The van der Waals surface area contributed by atoms with Crippen LogP contribution in [-0.4, -0.2) is 99.6 Å². The molecule has 1 saturated heterocycles. The highest BCUT2D eigenvalue weighted by Gasteiger charge is 2.52. The van der Waals surface area contributed by atoms with Crippen molar-refractivity contribution in [1.82, 2.24) is 69.6 Å². The van der Waals surface area contributed by atoms with E-state index in [1.807, 2.05) is 233 Å². The van der Waals surface area contributed by atoms with E-state index in [2.05, 4.69) is 165 Å². The van der Waals surface area contributed by atoms with Crippen LogP contribution in [0, 0.1) is 0 Å². The highest BCUT2D eigenvalue weighted by molar-refractivity contribution is 9.10. The number of carbonyl (C=O) groups excluding carboxylic acids is 1.